The van der Waals surface area contributed by atoms with Crippen molar-refractivity contribution < 1.29 is 0 Å². The molecule has 6 heteroatoms. The van der Waals surface area contributed by atoms with Gasteiger partial charge < -0.3 is 4.40 Å². The topological polar surface area (TPSA) is 60.4 Å². The summed E-state index contributed by atoms with van der Waals surface area (Å²) in [7, 11) is 0. The molecule has 4 heterocycles. The third-order valence-corrected chi connectivity index (χ3v) is 2.40. The third kappa shape index (κ3) is 2.03. The Morgan fingerprint density at radius 1 is 0.722 bits per heavy atom. The molecule has 0 aromatic carbocycles. The normalized spacial score (nSPS) is 10.2. The van der Waals surface area contributed by atoms with Crippen LogP contribution >= 0.6 is 0 Å². The zero-order chi connectivity index (χ0) is 12.2. The number of fused-ring (bicyclic) bond motifs is 2. The predicted molar refractivity (Wildman–Crippen MR) is 66.0 cm³/mol. The Hall–Kier alpha value is -2.76. The first-order chi connectivity index (χ1) is 8.93. The molecule has 0 spiro atoms. The number of hydrogen-bond donors (Lipinski definition) is 0. The van der Waals surface area contributed by atoms with Crippen molar-refractivity contribution in [3.63, 3.8) is 0 Å². The Kier molecular flexibility index (Phi) is 2.67. The van der Waals surface area contributed by atoms with E-state index in [1.807, 2.05) is 33.5 Å². The highest BCUT2D eigenvalue weighted by Crippen LogP contribution is 1.94. The second kappa shape index (κ2) is 4.62. The van der Waals surface area contributed by atoms with Gasteiger partial charge in [0.25, 0.3) is 0 Å². The summed E-state index contributed by atoms with van der Waals surface area (Å²) in [5, 5.41) is 0. The fraction of sp³-hybridized carbons (Fsp3) is 0. The van der Waals surface area contributed by atoms with Gasteiger partial charge >= 0.3 is 0 Å². The summed E-state index contributed by atoms with van der Waals surface area (Å²) >= 11 is 0. The van der Waals surface area contributed by atoms with Crippen LogP contribution in [0, 0.1) is 0 Å². The molecular weight excluding hydrogens is 228 g/mol. The van der Waals surface area contributed by atoms with E-state index in [1.54, 1.807) is 37.3 Å². The SMILES string of the molecule is c1cc2nccn2cn1.c1cn2ccnc2cn1. The molecule has 0 unspecified atom stereocenters. The maximum Gasteiger partial charge on any atom is 0.155 e. The van der Waals surface area contributed by atoms with Crippen LogP contribution in [-0.4, -0.2) is 28.7 Å². The van der Waals surface area contributed by atoms with Crippen LogP contribution in [0.4, 0.5) is 0 Å². The lowest BCUT2D eigenvalue weighted by atomic mass is 10.6. The highest BCUT2D eigenvalue weighted by atomic mass is 15.0. The van der Waals surface area contributed by atoms with Gasteiger partial charge in [-0.25, -0.2) is 15.0 Å². The molecule has 0 aliphatic carbocycles. The molecule has 0 saturated carbocycles. The molecule has 6 nitrogen and oxygen atoms in total. The van der Waals surface area contributed by atoms with Gasteiger partial charge in [0.2, 0.25) is 0 Å². The van der Waals surface area contributed by atoms with E-state index in [0.717, 1.165) is 11.3 Å². The molecule has 4 aromatic rings. The molecule has 0 fully saturated rings. The van der Waals surface area contributed by atoms with Crippen molar-refractivity contribution in [2.75, 3.05) is 0 Å². The van der Waals surface area contributed by atoms with Crippen LogP contribution in [0.2, 0.25) is 0 Å². The van der Waals surface area contributed by atoms with E-state index in [9.17, 15) is 0 Å². The number of imidazole rings is 2. The van der Waals surface area contributed by atoms with Crippen LogP contribution in [0.15, 0.2) is 62.0 Å². The van der Waals surface area contributed by atoms with Crippen molar-refractivity contribution >= 4 is 11.3 Å². The predicted octanol–water partition coefficient (Wildman–Crippen LogP) is 1.46. The molecule has 0 N–H and O–H groups in total. The Bertz CT molecular complexity index is 631. The van der Waals surface area contributed by atoms with E-state index in [4.69, 9.17) is 0 Å². The van der Waals surface area contributed by atoms with E-state index in [-0.39, 0.29) is 0 Å². The standard InChI is InChI=1S/2C6H5N3/c1-3-9-4-2-8-6(9)5-7-1;1-2-7-5-9-4-3-8-6(1)9/h2*1-5H. The van der Waals surface area contributed by atoms with Crippen LogP contribution in [0.5, 0.6) is 0 Å². The van der Waals surface area contributed by atoms with Gasteiger partial charge in [-0.1, -0.05) is 0 Å². The fourth-order valence-corrected chi connectivity index (χ4v) is 1.54. The van der Waals surface area contributed by atoms with Crippen LogP contribution in [0.25, 0.3) is 11.3 Å². The summed E-state index contributed by atoms with van der Waals surface area (Å²) in [5.41, 5.74) is 1.82. The molecular formula is C12H10N6. The van der Waals surface area contributed by atoms with Gasteiger partial charge in [-0.2, -0.15) is 0 Å². The molecule has 88 valence electrons. The number of aromatic nitrogens is 6. The molecule has 4 rings (SSSR count). The van der Waals surface area contributed by atoms with Gasteiger partial charge in [-0.15, -0.1) is 0 Å². The average Bonchev–Trinajstić information content (AvgIpc) is 3.08. The summed E-state index contributed by atoms with van der Waals surface area (Å²) in [5.74, 6) is 0. The highest BCUT2D eigenvalue weighted by molar-refractivity contribution is 5.35. The first kappa shape index (κ1) is 10.4. The van der Waals surface area contributed by atoms with E-state index < -0.39 is 0 Å². The molecule has 4 aromatic heterocycles. The van der Waals surface area contributed by atoms with Gasteiger partial charge in [0, 0.05) is 43.4 Å². The fourth-order valence-electron chi connectivity index (χ4n) is 1.54. The van der Waals surface area contributed by atoms with E-state index in [2.05, 4.69) is 19.9 Å². The zero-order valence-corrected chi connectivity index (χ0v) is 9.46. The molecule has 0 saturated heterocycles. The van der Waals surface area contributed by atoms with Crippen LogP contribution in [-0.2, 0) is 0 Å². The van der Waals surface area contributed by atoms with Gasteiger partial charge in [-0.3, -0.25) is 9.38 Å². The van der Waals surface area contributed by atoms with Crippen LogP contribution in [0.1, 0.15) is 0 Å². The molecule has 0 amide bonds. The van der Waals surface area contributed by atoms with Gasteiger partial charge in [0.05, 0.1) is 6.20 Å². The summed E-state index contributed by atoms with van der Waals surface area (Å²) in [6.45, 7) is 0. The van der Waals surface area contributed by atoms with Gasteiger partial charge in [0.15, 0.2) is 5.65 Å². The van der Waals surface area contributed by atoms with Gasteiger partial charge in [0.1, 0.15) is 12.0 Å². The smallest absolute Gasteiger partial charge is 0.155 e. The Labute approximate surface area is 103 Å². The van der Waals surface area contributed by atoms with E-state index >= 15 is 0 Å². The van der Waals surface area contributed by atoms with E-state index in [1.165, 1.54) is 0 Å². The number of rotatable bonds is 0. The molecule has 0 aliphatic heterocycles. The van der Waals surface area contributed by atoms with Crippen molar-refractivity contribution in [3.8, 4) is 0 Å². The largest absolute Gasteiger partial charge is 0.304 e. The van der Waals surface area contributed by atoms with Crippen molar-refractivity contribution in [3.05, 3.63) is 62.0 Å². The maximum atomic E-state index is 4.04. The van der Waals surface area contributed by atoms with Crippen LogP contribution in [0.3, 0.4) is 0 Å². The Morgan fingerprint density at radius 3 is 2.33 bits per heavy atom. The second-order valence-corrected chi connectivity index (χ2v) is 3.54. The molecule has 0 atom stereocenters. The van der Waals surface area contributed by atoms with Crippen molar-refractivity contribution in [2.45, 2.75) is 0 Å². The van der Waals surface area contributed by atoms with Crippen molar-refractivity contribution in [1.29, 1.82) is 0 Å². The summed E-state index contributed by atoms with van der Waals surface area (Å²) in [6, 6.07) is 1.86. The molecule has 0 radical (unpaired) electrons. The minimum Gasteiger partial charge on any atom is -0.304 e. The lowest BCUT2D eigenvalue weighted by molar-refractivity contribution is 1.09. The number of nitrogens with zero attached hydrogens (tertiary/aromatic N) is 6. The Balaban J connectivity index is 0.000000111. The summed E-state index contributed by atoms with van der Waals surface area (Å²) < 4.78 is 3.77. The van der Waals surface area contributed by atoms with Gasteiger partial charge in [-0.05, 0) is 6.07 Å². The monoisotopic (exact) mass is 238 g/mol. The van der Waals surface area contributed by atoms with Crippen molar-refractivity contribution in [2.24, 2.45) is 0 Å². The number of hydrogen-bond acceptors (Lipinski definition) is 4. The third-order valence-electron chi connectivity index (χ3n) is 2.40. The molecule has 0 bridgehead atoms. The summed E-state index contributed by atoms with van der Waals surface area (Å²) in [4.78, 5) is 15.9. The van der Waals surface area contributed by atoms with Crippen molar-refractivity contribution in [1.82, 2.24) is 28.7 Å². The lowest BCUT2D eigenvalue weighted by Gasteiger charge is -1.86. The lowest BCUT2D eigenvalue weighted by Crippen LogP contribution is -1.81. The second-order valence-electron chi connectivity index (χ2n) is 3.54. The quantitative estimate of drug-likeness (QED) is 0.465. The zero-order valence-electron chi connectivity index (χ0n) is 9.46. The minimum atomic E-state index is 0.887. The summed E-state index contributed by atoms with van der Waals surface area (Å²) in [6.07, 6.45) is 16.0. The first-order valence-electron chi connectivity index (χ1n) is 5.39. The maximum absolute atomic E-state index is 4.04. The minimum absolute atomic E-state index is 0.887. The molecule has 0 aliphatic rings. The Morgan fingerprint density at radius 2 is 1.50 bits per heavy atom. The first-order valence-corrected chi connectivity index (χ1v) is 5.39. The van der Waals surface area contributed by atoms with E-state index in [0.29, 0.717) is 0 Å². The highest BCUT2D eigenvalue weighted by Gasteiger charge is 1.87. The average molecular weight is 238 g/mol. The van der Waals surface area contributed by atoms with Crippen LogP contribution < -0.4 is 0 Å². The molecule has 18 heavy (non-hydrogen) atoms.